The number of amides is 1. The summed E-state index contributed by atoms with van der Waals surface area (Å²) in [6, 6.07) is -0.449. The van der Waals surface area contributed by atoms with Crippen LogP contribution in [-0.4, -0.2) is 29.2 Å². The quantitative estimate of drug-likeness (QED) is 0.534. The molecule has 3 saturated carbocycles. The maximum absolute atomic E-state index is 12.6. The predicted molar refractivity (Wildman–Crippen MR) is 86.7 cm³/mol. The number of carboxylic acid groups (broad SMARTS) is 1. The Morgan fingerprint density at radius 3 is 2.48 bits per heavy atom. The summed E-state index contributed by atoms with van der Waals surface area (Å²) in [6.07, 6.45) is 2.44. The zero-order valence-electron chi connectivity index (χ0n) is 14.6. The lowest BCUT2D eigenvalue weighted by molar-refractivity contribution is -0.179. The highest BCUT2D eigenvalue weighted by Crippen LogP contribution is 2.62. The predicted octanol–water partition coefficient (Wildman–Crippen LogP) is 3.92. The second-order valence-electron chi connectivity index (χ2n) is 7.83. The Morgan fingerprint density at radius 2 is 1.92 bits per heavy atom. The molecular weight excluding hydrogens is 335 g/mol. The molecule has 0 aromatic heterocycles. The lowest BCUT2D eigenvalue weighted by Gasteiger charge is -2.62. The molecule has 3 aliphatic carbocycles. The van der Waals surface area contributed by atoms with Crippen LogP contribution in [0.3, 0.4) is 0 Å². The Balaban J connectivity index is 1.95. The fraction of sp³-hybridized carbons (Fsp3) is 0.778. The average molecular weight is 361 g/mol. The molecule has 7 heteroatoms. The Morgan fingerprint density at radius 1 is 1.24 bits per heavy atom. The molecule has 0 unspecified atom stereocenters. The lowest BCUT2D eigenvalue weighted by atomic mass is 9.44. The van der Waals surface area contributed by atoms with Crippen LogP contribution in [0.25, 0.3) is 0 Å². The fourth-order valence-electron chi connectivity index (χ4n) is 4.43. The standard InChI is InChI=1S/C18H26F3NO3/c1-17(2)11-9-13(17)12(7-5-3-4-6-8-15(23)24)14(10-11)22-16(25)18(19,20)21/h3,5,11-14H,4,6-10H2,1-2H3,(H,22,25)(H,23,24)/b5-3-/t11-,12+,13+,14+/m1/s1. The number of carboxylic acids is 1. The van der Waals surface area contributed by atoms with Crippen molar-refractivity contribution in [3.8, 4) is 0 Å². The molecule has 0 aromatic carbocycles. The van der Waals surface area contributed by atoms with E-state index >= 15 is 0 Å². The van der Waals surface area contributed by atoms with Crippen molar-refractivity contribution in [2.45, 2.75) is 64.6 Å². The van der Waals surface area contributed by atoms with E-state index in [0.29, 0.717) is 37.5 Å². The minimum absolute atomic E-state index is 0.0120. The smallest absolute Gasteiger partial charge is 0.471 e. The number of hydrogen-bond acceptors (Lipinski definition) is 2. The third-order valence-electron chi connectivity index (χ3n) is 6.03. The Labute approximate surface area is 145 Å². The second-order valence-corrected chi connectivity index (χ2v) is 7.83. The fourth-order valence-corrected chi connectivity index (χ4v) is 4.43. The van der Waals surface area contributed by atoms with Crippen molar-refractivity contribution >= 4 is 11.9 Å². The van der Waals surface area contributed by atoms with Gasteiger partial charge in [0.1, 0.15) is 0 Å². The van der Waals surface area contributed by atoms with Crippen molar-refractivity contribution in [2.24, 2.45) is 23.2 Å². The highest BCUT2D eigenvalue weighted by molar-refractivity contribution is 5.82. The number of nitrogens with one attached hydrogen (secondary N) is 1. The van der Waals surface area contributed by atoms with Gasteiger partial charge in [-0.05, 0) is 55.3 Å². The Kier molecular flexibility index (Phi) is 5.84. The third kappa shape index (κ3) is 4.55. The minimum Gasteiger partial charge on any atom is -0.481 e. The van der Waals surface area contributed by atoms with E-state index < -0.39 is 24.1 Å². The van der Waals surface area contributed by atoms with Gasteiger partial charge in [-0.25, -0.2) is 0 Å². The van der Waals surface area contributed by atoms with Crippen molar-refractivity contribution in [3.05, 3.63) is 12.2 Å². The van der Waals surface area contributed by atoms with E-state index in [9.17, 15) is 22.8 Å². The molecule has 0 saturated heterocycles. The monoisotopic (exact) mass is 361 g/mol. The van der Waals surface area contributed by atoms with Gasteiger partial charge in [0.2, 0.25) is 0 Å². The van der Waals surface area contributed by atoms with Crippen LogP contribution in [0.4, 0.5) is 13.2 Å². The summed E-state index contributed by atoms with van der Waals surface area (Å²) in [6.45, 7) is 4.30. The molecule has 0 spiro atoms. The van der Waals surface area contributed by atoms with E-state index in [2.05, 4.69) is 19.2 Å². The number of carbonyl (C=O) groups is 2. The lowest BCUT2D eigenvalue weighted by Crippen LogP contribution is -2.62. The molecule has 25 heavy (non-hydrogen) atoms. The maximum atomic E-state index is 12.6. The summed E-state index contributed by atoms with van der Waals surface area (Å²) in [4.78, 5) is 21.8. The van der Waals surface area contributed by atoms with Crippen molar-refractivity contribution in [1.82, 2.24) is 5.32 Å². The Bertz CT molecular complexity index is 542. The van der Waals surface area contributed by atoms with Crippen LogP contribution in [0.15, 0.2) is 12.2 Å². The van der Waals surface area contributed by atoms with Gasteiger partial charge in [0, 0.05) is 12.5 Å². The van der Waals surface area contributed by atoms with E-state index in [1.807, 2.05) is 12.2 Å². The molecule has 2 bridgehead atoms. The minimum atomic E-state index is -4.85. The first-order chi connectivity index (χ1) is 11.5. The van der Waals surface area contributed by atoms with E-state index in [0.717, 1.165) is 6.42 Å². The maximum Gasteiger partial charge on any atom is 0.471 e. The largest absolute Gasteiger partial charge is 0.481 e. The zero-order valence-corrected chi connectivity index (χ0v) is 14.6. The molecule has 0 aromatic rings. The normalized spacial score (nSPS) is 30.8. The number of halogens is 3. The van der Waals surface area contributed by atoms with Crippen molar-refractivity contribution < 1.29 is 27.9 Å². The molecule has 2 N–H and O–H groups in total. The first-order valence-electron chi connectivity index (χ1n) is 8.78. The van der Waals surface area contributed by atoms with Gasteiger partial charge in [-0.1, -0.05) is 26.0 Å². The molecule has 0 radical (unpaired) electrons. The molecule has 0 heterocycles. The van der Waals surface area contributed by atoms with Crippen molar-refractivity contribution in [2.75, 3.05) is 0 Å². The topological polar surface area (TPSA) is 66.4 Å². The number of allylic oxidation sites excluding steroid dienone is 2. The number of hydrogen-bond donors (Lipinski definition) is 2. The van der Waals surface area contributed by atoms with Gasteiger partial charge in [0.25, 0.3) is 0 Å². The third-order valence-corrected chi connectivity index (χ3v) is 6.03. The number of rotatable bonds is 7. The summed E-state index contributed by atoms with van der Waals surface area (Å²) < 4.78 is 37.7. The van der Waals surface area contributed by atoms with Crippen molar-refractivity contribution in [3.63, 3.8) is 0 Å². The number of alkyl halides is 3. The van der Waals surface area contributed by atoms with E-state index in [1.54, 1.807) is 0 Å². The van der Waals surface area contributed by atoms with Gasteiger partial charge < -0.3 is 10.4 Å². The molecule has 3 fully saturated rings. The van der Waals surface area contributed by atoms with Crippen LogP contribution in [0, 0.1) is 23.2 Å². The van der Waals surface area contributed by atoms with Gasteiger partial charge >= 0.3 is 18.1 Å². The van der Waals surface area contributed by atoms with Crippen LogP contribution >= 0.6 is 0 Å². The summed E-state index contributed by atoms with van der Waals surface area (Å²) in [7, 11) is 0. The van der Waals surface area contributed by atoms with Gasteiger partial charge in [-0.15, -0.1) is 0 Å². The molecule has 0 aliphatic heterocycles. The molecule has 1 amide bonds. The van der Waals surface area contributed by atoms with Gasteiger partial charge in [0.05, 0.1) is 0 Å². The highest BCUT2D eigenvalue weighted by Gasteiger charge is 2.58. The first-order valence-corrected chi connectivity index (χ1v) is 8.78. The summed E-state index contributed by atoms with van der Waals surface area (Å²) in [5.41, 5.74) is 0.0985. The van der Waals surface area contributed by atoms with Crippen LogP contribution in [0.2, 0.25) is 0 Å². The summed E-state index contributed by atoms with van der Waals surface area (Å²) in [5, 5.41) is 10.8. The molecule has 4 atom stereocenters. The van der Waals surface area contributed by atoms with E-state index in [-0.39, 0.29) is 17.8 Å². The SMILES string of the molecule is CC1(C)[C@H]2C[C@H](NC(=O)C(F)(F)F)[C@@H](C/C=C\CCCC(=O)O)[C@@H]1C2. The van der Waals surface area contributed by atoms with Gasteiger partial charge in [-0.2, -0.15) is 13.2 Å². The Hall–Kier alpha value is -1.53. The summed E-state index contributed by atoms with van der Waals surface area (Å²) in [5.74, 6) is -2.05. The van der Waals surface area contributed by atoms with Gasteiger partial charge in [-0.3, -0.25) is 9.59 Å². The molecule has 142 valence electrons. The molecular formula is C18H26F3NO3. The summed E-state index contributed by atoms with van der Waals surface area (Å²) >= 11 is 0. The van der Waals surface area contributed by atoms with Crippen molar-refractivity contribution in [1.29, 1.82) is 0 Å². The highest BCUT2D eigenvalue weighted by atomic mass is 19.4. The zero-order chi connectivity index (χ0) is 18.8. The number of unbranched alkanes of at least 4 members (excludes halogenated alkanes) is 1. The molecule has 4 nitrogen and oxygen atoms in total. The second kappa shape index (κ2) is 7.38. The number of aliphatic carboxylic acids is 1. The number of carbonyl (C=O) groups excluding carboxylic acids is 1. The first kappa shape index (κ1) is 19.8. The van der Waals surface area contributed by atoms with E-state index in [4.69, 9.17) is 5.11 Å². The van der Waals surface area contributed by atoms with Gasteiger partial charge in [0.15, 0.2) is 0 Å². The van der Waals surface area contributed by atoms with Crippen LogP contribution < -0.4 is 5.32 Å². The number of fused-ring (bicyclic) bond motifs is 2. The van der Waals surface area contributed by atoms with Crippen LogP contribution in [-0.2, 0) is 9.59 Å². The van der Waals surface area contributed by atoms with E-state index in [1.165, 1.54) is 0 Å². The molecule has 3 rings (SSSR count). The average Bonchev–Trinajstić information content (AvgIpc) is 2.49. The van der Waals surface area contributed by atoms with Crippen LogP contribution in [0.5, 0.6) is 0 Å². The molecule has 3 aliphatic rings. The van der Waals surface area contributed by atoms with Crippen LogP contribution in [0.1, 0.15) is 52.4 Å².